The normalized spacial score (nSPS) is 10.3. The largest absolute Gasteiger partial charge is 0.464 e. The summed E-state index contributed by atoms with van der Waals surface area (Å²) in [6.07, 6.45) is 1.63. The number of rotatable bonds is 2. The van der Waals surface area contributed by atoms with Gasteiger partial charge in [0.15, 0.2) is 11.5 Å². The van der Waals surface area contributed by atoms with E-state index in [1.54, 1.807) is 10.9 Å². The van der Waals surface area contributed by atoms with Crippen molar-refractivity contribution in [3.63, 3.8) is 0 Å². The van der Waals surface area contributed by atoms with Gasteiger partial charge in [0.25, 0.3) is 0 Å². The van der Waals surface area contributed by atoms with E-state index in [0.29, 0.717) is 5.82 Å². The van der Waals surface area contributed by atoms with Crippen molar-refractivity contribution < 1.29 is 9.53 Å². The van der Waals surface area contributed by atoms with Crippen LogP contribution in [0.5, 0.6) is 0 Å². The Morgan fingerprint density at radius 3 is 2.82 bits per heavy atom. The highest BCUT2D eigenvalue weighted by atomic mass is 35.5. The van der Waals surface area contributed by atoms with Gasteiger partial charge < -0.3 is 4.74 Å². The molecule has 7 heteroatoms. The first-order valence-corrected chi connectivity index (χ1v) is 5.13. The molecule has 0 aromatic carbocycles. The molecule has 0 spiro atoms. The number of methoxy groups -OCH3 is 1. The van der Waals surface area contributed by atoms with Gasteiger partial charge in [-0.3, -0.25) is 0 Å². The molecular weight excluding hydrogens is 244 g/mol. The Balaban J connectivity index is 2.53. The molecule has 0 bridgehead atoms. The van der Waals surface area contributed by atoms with Crippen molar-refractivity contribution >= 4 is 17.6 Å². The van der Waals surface area contributed by atoms with E-state index >= 15 is 0 Å². The van der Waals surface area contributed by atoms with Crippen molar-refractivity contribution in [1.29, 1.82) is 0 Å². The third-order valence-electron chi connectivity index (χ3n) is 2.13. The lowest BCUT2D eigenvalue weighted by Crippen LogP contribution is -2.09. The van der Waals surface area contributed by atoms with Crippen LogP contribution < -0.4 is 0 Å². The molecule has 0 fully saturated rings. The van der Waals surface area contributed by atoms with E-state index in [4.69, 9.17) is 11.6 Å². The summed E-state index contributed by atoms with van der Waals surface area (Å²) in [4.78, 5) is 19.2. The molecule has 2 rings (SSSR count). The molecule has 0 aliphatic rings. The average molecular weight is 253 g/mol. The van der Waals surface area contributed by atoms with Crippen LogP contribution in [0.15, 0.2) is 18.3 Å². The third-order valence-corrected chi connectivity index (χ3v) is 2.30. The van der Waals surface area contributed by atoms with Gasteiger partial charge in [-0.1, -0.05) is 0 Å². The monoisotopic (exact) mass is 252 g/mol. The zero-order valence-electron chi connectivity index (χ0n) is 9.22. The first-order chi connectivity index (χ1) is 8.11. The van der Waals surface area contributed by atoms with Gasteiger partial charge in [-0.25, -0.2) is 14.5 Å². The SMILES string of the molecule is COC(=O)c1cc(-n2nccc2C)nc(Cl)n1. The number of nitrogens with zero attached hydrogens (tertiary/aromatic N) is 4. The lowest BCUT2D eigenvalue weighted by atomic mass is 10.4. The van der Waals surface area contributed by atoms with E-state index in [9.17, 15) is 4.79 Å². The summed E-state index contributed by atoms with van der Waals surface area (Å²) in [5.41, 5.74) is 0.966. The van der Waals surface area contributed by atoms with Crippen LogP contribution in [-0.2, 0) is 4.74 Å². The zero-order chi connectivity index (χ0) is 12.4. The van der Waals surface area contributed by atoms with E-state index in [1.807, 2.05) is 13.0 Å². The number of carbonyl (C=O) groups excluding carboxylic acids is 1. The number of aromatic nitrogens is 4. The maximum atomic E-state index is 11.4. The molecule has 0 aliphatic carbocycles. The Kier molecular flexibility index (Phi) is 3.06. The number of ether oxygens (including phenoxy) is 1. The van der Waals surface area contributed by atoms with Crippen LogP contribution in [0, 0.1) is 6.92 Å². The fourth-order valence-electron chi connectivity index (χ4n) is 1.33. The minimum Gasteiger partial charge on any atom is -0.464 e. The number of esters is 1. The molecule has 0 saturated heterocycles. The molecule has 0 saturated carbocycles. The molecule has 0 amide bonds. The van der Waals surface area contributed by atoms with Gasteiger partial charge in [-0.05, 0) is 24.6 Å². The van der Waals surface area contributed by atoms with Crippen LogP contribution in [0.3, 0.4) is 0 Å². The number of carbonyl (C=O) groups is 1. The van der Waals surface area contributed by atoms with Crippen LogP contribution in [0.2, 0.25) is 5.28 Å². The first-order valence-electron chi connectivity index (χ1n) is 4.75. The number of hydrogen-bond acceptors (Lipinski definition) is 5. The van der Waals surface area contributed by atoms with Gasteiger partial charge >= 0.3 is 5.97 Å². The molecule has 17 heavy (non-hydrogen) atoms. The van der Waals surface area contributed by atoms with Crippen molar-refractivity contribution in [2.24, 2.45) is 0 Å². The number of hydrogen-bond donors (Lipinski definition) is 0. The van der Waals surface area contributed by atoms with Crippen LogP contribution >= 0.6 is 11.6 Å². The maximum absolute atomic E-state index is 11.4. The predicted molar refractivity (Wildman–Crippen MR) is 60.2 cm³/mol. The molecule has 88 valence electrons. The summed E-state index contributed by atoms with van der Waals surface area (Å²) >= 11 is 5.75. The summed E-state index contributed by atoms with van der Waals surface area (Å²) < 4.78 is 6.13. The minimum atomic E-state index is -0.569. The summed E-state index contributed by atoms with van der Waals surface area (Å²) in [5, 5.41) is 4.04. The summed E-state index contributed by atoms with van der Waals surface area (Å²) in [5.74, 6) is -0.145. The lowest BCUT2D eigenvalue weighted by Gasteiger charge is -2.05. The molecule has 0 aliphatic heterocycles. The second-order valence-electron chi connectivity index (χ2n) is 3.26. The Morgan fingerprint density at radius 1 is 1.47 bits per heavy atom. The Hall–Kier alpha value is -1.95. The second-order valence-corrected chi connectivity index (χ2v) is 3.59. The van der Waals surface area contributed by atoms with Crippen LogP contribution in [0.1, 0.15) is 16.2 Å². The highest BCUT2D eigenvalue weighted by Crippen LogP contribution is 2.12. The molecule has 2 aromatic rings. The summed E-state index contributed by atoms with van der Waals surface area (Å²) in [6.45, 7) is 1.86. The summed E-state index contributed by atoms with van der Waals surface area (Å²) in [6, 6.07) is 3.28. The molecule has 0 radical (unpaired) electrons. The maximum Gasteiger partial charge on any atom is 0.356 e. The lowest BCUT2D eigenvalue weighted by molar-refractivity contribution is 0.0593. The predicted octanol–water partition coefficient (Wildman–Crippen LogP) is 1.41. The Morgan fingerprint density at radius 2 is 2.24 bits per heavy atom. The van der Waals surface area contributed by atoms with Crippen LogP contribution in [0.25, 0.3) is 5.82 Å². The van der Waals surface area contributed by atoms with Gasteiger partial charge in [0.1, 0.15) is 0 Å². The summed E-state index contributed by atoms with van der Waals surface area (Å²) in [7, 11) is 1.27. The molecule has 0 N–H and O–H groups in total. The van der Waals surface area contributed by atoms with Crippen molar-refractivity contribution in [2.75, 3.05) is 7.11 Å². The van der Waals surface area contributed by atoms with Crippen molar-refractivity contribution in [2.45, 2.75) is 6.92 Å². The zero-order valence-corrected chi connectivity index (χ0v) is 9.97. The molecule has 6 nitrogen and oxygen atoms in total. The van der Waals surface area contributed by atoms with Gasteiger partial charge in [-0.2, -0.15) is 10.1 Å². The Bertz CT molecular complexity index is 567. The quantitative estimate of drug-likeness (QED) is 0.597. The van der Waals surface area contributed by atoms with E-state index in [1.165, 1.54) is 13.2 Å². The highest BCUT2D eigenvalue weighted by Gasteiger charge is 2.13. The fraction of sp³-hybridized carbons (Fsp3) is 0.200. The second kappa shape index (κ2) is 4.50. The molecule has 0 unspecified atom stereocenters. The van der Waals surface area contributed by atoms with Crippen molar-refractivity contribution in [1.82, 2.24) is 19.7 Å². The van der Waals surface area contributed by atoms with E-state index < -0.39 is 5.97 Å². The molecule has 2 heterocycles. The third kappa shape index (κ3) is 2.26. The van der Waals surface area contributed by atoms with E-state index in [2.05, 4.69) is 19.8 Å². The first kappa shape index (κ1) is 11.5. The number of halogens is 1. The molecule has 0 atom stereocenters. The van der Waals surface area contributed by atoms with Crippen LogP contribution in [-0.4, -0.2) is 32.8 Å². The molecular formula is C10H9ClN4O2. The van der Waals surface area contributed by atoms with Crippen LogP contribution in [0.4, 0.5) is 0 Å². The Labute approximate surface area is 102 Å². The minimum absolute atomic E-state index is 0.0298. The van der Waals surface area contributed by atoms with Gasteiger partial charge in [-0.15, -0.1) is 0 Å². The van der Waals surface area contributed by atoms with Crippen molar-refractivity contribution in [3.8, 4) is 5.82 Å². The van der Waals surface area contributed by atoms with Gasteiger partial charge in [0, 0.05) is 18.0 Å². The van der Waals surface area contributed by atoms with Gasteiger partial charge in [0.2, 0.25) is 5.28 Å². The average Bonchev–Trinajstić information content (AvgIpc) is 2.73. The highest BCUT2D eigenvalue weighted by molar-refractivity contribution is 6.28. The number of aryl methyl sites for hydroxylation is 1. The van der Waals surface area contributed by atoms with E-state index in [-0.39, 0.29) is 11.0 Å². The standard InChI is InChI=1S/C10H9ClN4O2/c1-6-3-4-12-15(6)8-5-7(9(16)17-2)13-10(11)14-8/h3-5H,1-2H3. The fourth-order valence-corrected chi connectivity index (χ4v) is 1.51. The van der Waals surface area contributed by atoms with Crippen molar-refractivity contribution in [3.05, 3.63) is 35.0 Å². The molecule has 2 aromatic heterocycles. The van der Waals surface area contributed by atoms with Gasteiger partial charge in [0.05, 0.1) is 7.11 Å². The van der Waals surface area contributed by atoms with E-state index in [0.717, 1.165) is 5.69 Å². The smallest absolute Gasteiger partial charge is 0.356 e. The topological polar surface area (TPSA) is 69.9 Å².